The highest BCUT2D eigenvalue weighted by Crippen LogP contribution is 2.14. The van der Waals surface area contributed by atoms with Crippen LogP contribution in [0.3, 0.4) is 0 Å². The molecule has 1 rings (SSSR count). The van der Waals surface area contributed by atoms with E-state index in [1.54, 1.807) is 0 Å². The minimum atomic E-state index is -4.47. The maximum absolute atomic E-state index is 11.7. The summed E-state index contributed by atoms with van der Waals surface area (Å²) >= 11 is 0. The molecule has 1 unspecified atom stereocenters. The molecule has 1 saturated heterocycles. The molecule has 1 heterocycles. The molecule has 0 spiro atoms. The van der Waals surface area contributed by atoms with Crippen LogP contribution >= 0.6 is 0 Å². The molecule has 0 aromatic heterocycles. The summed E-state index contributed by atoms with van der Waals surface area (Å²) in [6.07, 6.45) is -2.77. The van der Waals surface area contributed by atoms with E-state index in [2.05, 4.69) is 15.4 Å². The van der Waals surface area contributed by atoms with Crippen molar-refractivity contribution in [1.29, 1.82) is 0 Å². The van der Waals surface area contributed by atoms with Crippen LogP contribution in [0.15, 0.2) is 0 Å². The van der Waals surface area contributed by atoms with Gasteiger partial charge in [-0.3, -0.25) is 0 Å². The molecule has 0 saturated carbocycles. The first-order valence-electron chi connectivity index (χ1n) is 5.18. The van der Waals surface area contributed by atoms with Crippen molar-refractivity contribution >= 4 is 6.09 Å². The van der Waals surface area contributed by atoms with Gasteiger partial charge in [-0.05, 0) is 19.4 Å². The van der Waals surface area contributed by atoms with Crippen LogP contribution < -0.4 is 10.6 Å². The van der Waals surface area contributed by atoms with Crippen molar-refractivity contribution in [3.05, 3.63) is 0 Å². The van der Waals surface area contributed by atoms with E-state index in [1.165, 1.54) is 0 Å². The van der Waals surface area contributed by atoms with E-state index >= 15 is 0 Å². The van der Waals surface area contributed by atoms with Crippen LogP contribution in [-0.4, -0.2) is 38.0 Å². The van der Waals surface area contributed by atoms with Crippen LogP contribution in [0.25, 0.3) is 0 Å². The van der Waals surface area contributed by atoms with E-state index in [9.17, 15) is 18.0 Å². The van der Waals surface area contributed by atoms with E-state index in [0.29, 0.717) is 6.54 Å². The van der Waals surface area contributed by atoms with Crippen molar-refractivity contribution in [3.63, 3.8) is 0 Å². The highest BCUT2D eigenvalue weighted by molar-refractivity contribution is 5.67. The molecular formula is C9H15F3N2O2. The summed E-state index contributed by atoms with van der Waals surface area (Å²) < 4.78 is 39.3. The fraction of sp³-hybridized carbons (Fsp3) is 0.889. The standard InChI is InChI=1S/C9H15F3N2O2/c10-9(11,12)6-16-8(15)14-7-3-1-2-4-13-5-7/h7,13H,1-6H2,(H,14,15). The van der Waals surface area contributed by atoms with Gasteiger partial charge in [0.15, 0.2) is 6.61 Å². The van der Waals surface area contributed by atoms with Crippen LogP contribution in [0.1, 0.15) is 19.3 Å². The van der Waals surface area contributed by atoms with Gasteiger partial charge in [0.2, 0.25) is 0 Å². The van der Waals surface area contributed by atoms with Gasteiger partial charge in [0, 0.05) is 12.6 Å². The molecule has 0 aromatic carbocycles. The van der Waals surface area contributed by atoms with Gasteiger partial charge in [-0.2, -0.15) is 13.2 Å². The Hall–Kier alpha value is -0.980. The molecule has 1 aliphatic rings. The summed E-state index contributed by atoms with van der Waals surface area (Å²) in [4.78, 5) is 11.0. The fourth-order valence-corrected chi connectivity index (χ4v) is 1.50. The number of amides is 1. The number of nitrogens with one attached hydrogen (secondary N) is 2. The Morgan fingerprint density at radius 3 is 2.88 bits per heavy atom. The third-order valence-electron chi connectivity index (χ3n) is 2.24. The van der Waals surface area contributed by atoms with Gasteiger partial charge in [0.1, 0.15) is 0 Å². The van der Waals surface area contributed by atoms with E-state index < -0.39 is 18.9 Å². The second-order valence-corrected chi connectivity index (χ2v) is 3.73. The van der Waals surface area contributed by atoms with Crippen molar-refractivity contribution in [2.24, 2.45) is 0 Å². The first kappa shape index (κ1) is 13.1. The topological polar surface area (TPSA) is 50.4 Å². The molecule has 16 heavy (non-hydrogen) atoms. The molecule has 1 amide bonds. The zero-order valence-corrected chi connectivity index (χ0v) is 8.77. The summed E-state index contributed by atoms with van der Waals surface area (Å²) in [5.74, 6) is 0. The number of hydrogen-bond acceptors (Lipinski definition) is 3. The quantitative estimate of drug-likeness (QED) is 0.767. The number of ether oxygens (including phenoxy) is 1. The Balaban J connectivity index is 2.22. The van der Waals surface area contributed by atoms with Gasteiger partial charge in [0.05, 0.1) is 0 Å². The predicted octanol–water partition coefficient (Wildman–Crippen LogP) is 1.42. The van der Waals surface area contributed by atoms with Crippen LogP contribution in [0, 0.1) is 0 Å². The number of rotatable bonds is 2. The Labute approximate surface area is 91.5 Å². The molecule has 0 radical (unpaired) electrons. The Morgan fingerprint density at radius 1 is 1.44 bits per heavy atom. The van der Waals surface area contributed by atoms with E-state index in [0.717, 1.165) is 25.8 Å². The predicted molar refractivity (Wildman–Crippen MR) is 51.0 cm³/mol. The number of alkyl carbamates (subject to hydrolysis) is 1. The lowest BCUT2D eigenvalue weighted by molar-refractivity contribution is -0.160. The highest BCUT2D eigenvalue weighted by Gasteiger charge is 2.30. The minimum Gasteiger partial charge on any atom is -0.440 e. The van der Waals surface area contributed by atoms with Crippen molar-refractivity contribution in [2.45, 2.75) is 31.5 Å². The van der Waals surface area contributed by atoms with E-state index in [4.69, 9.17) is 0 Å². The van der Waals surface area contributed by atoms with Gasteiger partial charge < -0.3 is 15.4 Å². The number of hydrogen-bond donors (Lipinski definition) is 2. The second kappa shape index (κ2) is 5.93. The molecule has 1 aliphatic heterocycles. The van der Waals surface area contributed by atoms with Crippen LogP contribution in [0.2, 0.25) is 0 Å². The largest absolute Gasteiger partial charge is 0.440 e. The summed E-state index contributed by atoms with van der Waals surface area (Å²) in [5, 5.41) is 5.49. The maximum atomic E-state index is 11.7. The number of alkyl halides is 3. The van der Waals surface area contributed by atoms with Crippen LogP contribution in [0.5, 0.6) is 0 Å². The first-order valence-corrected chi connectivity index (χ1v) is 5.18. The van der Waals surface area contributed by atoms with Crippen molar-refractivity contribution in [1.82, 2.24) is 10.6 Å². The normalized spacial score (nSPS) is 22.3. The molecule has 0 bridgehead atoms. The number of halogens is 3. The zero-order chi connectivity index (χ0) is 12.0. The maximum Gasteiger partial charge on any atom is 0.422 e. The first-order chi connectivity index (χ1) is 7.47. The third kappa shape index (κ3) is 5.79. The van der Waals surface area contributed by atoms with Crippen molar-refractivity contribution in [2.75, 3.05) is 19.7 Å². The fourth-order valence-electron chi connectivity index (χ4n) is 1.50. The lowest BCUT2D eigenvalue weighted by Gasteiger charge is -2.16. The van der Waals surface area contributed by atoms with Crippen LogP contribution in [-0.2, 0) is 4.74 Å². The molecule has 4 nitrogen and oxygen atoms in total. The Bertz CT molecular complexity index is 225. The molecule has 94 valence electrons. The summed E-state index contributed by atoms with van der Waals surface area (Å²) in [5.41, 5.74) is 0. The summed E-state index contributed by atoms with van der Waals surface area (Å²) in [6.45, 7) is -0.101. The highest BCUT2D eigenvalue weighted by atomic mass is 19.4. The average Bonchev–Trinajstić information content (AvgIpc) is 2.42. The van der Waals surface area contributed by atoms with Crippen LogP contribution in [0.4, 0.5) is 18.0 Å². The minimum absolute atomic E-state index is 0.150. The van der Waals surface area contributed by atoms with E-state index in [-0.39, 0.29) is 6.04 Å². The summed E-state index contributed by atoms with van der Waals surface area (Å²) in [6, 6.07) is -0.150. The Kier molecular flexibility index (Phi) is 4.85. The third-order valence-corrected chi connectivity index (χ3v) is 2.24. The lowest BCUT2D eigenvalue weighted by Crippen LogP contribution is -2.42. The molecule has 1 atom stereocenters. The van der Waals surface area contributed by atoms with Gasteiger partial charge in [-0.1, -0.05) is 6.42 Å². The lowest BCUT2D eigenvalue weighted by atomic mass is 10.1. The monoisotopic (exact) mass is 240 g/mol. The molecular weight excluding hydrogens is 225 g/mol. The SMILES string of the molecule is O=C(NC1CCCCNC1)OCC(F)(F)F. The van der Waals surface area contributed by atoms with Gasteiger partial charge in [-0.25, -0.2) is 4.79 Å². The Morgan fingerprint density at radius 2 is 2.19 bits per heavy atom. The molecule has 1 fully saturated rings. The van der Waals surface area contributed by atoms with Gasteiger partial charge in [-0.15, -0.1) is 0 Å². The van der Waals surface area contributed by atoms with E-state index in [1.807, 2.05) is 0 Å². The molecule has 0 aromatic rings. The zero-order valence-electron chi connectivity index (χ0n) is 8.77. The molecule has 7 heteroatoms. The molecule has 2 N–H and O–H groups in total. The average molecular weight is 240 g/mol. The second-order valence-electron chi connectivity index (χ2n) is 3.73. The van der Waals surface area contributed by atoms with Gasteiger partial charge in [0.25, 0.3) is 0 Å². The number of carbonyl (C=O) groups is 1. The van der Waals surface area contributed by atoms with Crippen molar-refractivity contribution < 1.29 is 22.7 Å². The number of carbonyl (C=O) groups excluding carboxylic acids is 1. The summed E-state index contributed by atoms with van der Waals surface area (Å²) in [7, 11) is 0. The van der Waals surface area contributed by atoms with Gasteiger partial charge >= 0.3 is 12.3 Å². The smallest absolute Gasteiger partial charge is 0.422 e. The van der Waals surface area contributed by atoms with Crippen molar-refractivity contribution in [3.8, 4) is 0 Å². The molecule has 0 aliphatic carbocycles.